The third-order valence-corrected chi connectivity index (χ3v) is 7.59. The minimum Gasteiger partial charge on any atom is -0.550 e. The minimum atomic E-state index is -1.18. The summed E-state index contributed by atoms with van der Waals surface area (Å²) in [4.78, 5) is 38.6. The number of hydrogen-bond acceptors (Lipinski definition) is 6. The normalized spacial score (nSPS) is 29.5. The molecule has 5 atom stereocenters. The van der Waals surface area contributed by atoms with Gasteiger partial charge in [0.1, 0.15) is 5.00 Å². The van der Waals surface area contributed by atoms with Crippen molar-refractivity contribution in [2.75, 3.05) is 11.9 Å². The first-order valence-corrected chi connectivity index (χ1v) is 11.2. The molecule has 29 heavy (non-hydrogen) atoms. The summed E-state index contributed by atoms with van der Waals surface area (Å²) < 4.78 is 5.39. The summed E-state index contributed by atoms with van der Waals surface area (Å²) in [5.41, 5.74) is 1.44. The van der Waals surface area contributed by atoms with E-state index in [1.165, 1.54) is 11.3 Å². The standard InChI is InChI=1S/C22H27NO5S/c1-3-8-28-22(27)18-14-7-4-11(2)9-15(14)29-20(18)23-19(24)16-12-5-6-13(10-12)17(16)21(25)26/h5-6,11-13,16-17H,3-4,7-10H2,1-2H3,(H,23,24)(H,25,26)/p-1/t11-,12+,13+,16-,17-/m0/s1. The number of carboxylic acids is 1. The molecule has 2 bridgehead atoms. The molecule has 0 spiro atoms. The van der Waals surface area contributed by atoms with Crippen molar-refractivity contribution < 1.29 is 24.2 Å². The Labute approximate surface area is 174 Å². The molecule has 3 aliphatic carbocycles. The van der Waals surface area contributed by atoms with E-state index in [-0.39, 0.29) is 17.7 Å². The van der Waals surface area contributed by atoms with E-state index in [9.17, 15) is 19.5 Å². The first-order chi connectivity index (χ1) is 13.9. The number of carboxylic acid groups (broad SMARTS) is 1. The molecule has 1 aromatic rings. The number of carbonyl (C=O) groups is 3. The molecule has 3 aliphatic rings. The second-order valence-corrected chi connectivity index (χ2v) is 9.61. The van der Waals surface area contributed by atoms with E-state index in [1.54, 1.807) is 0 Å². The zero-order valence-corrected chi connectivity index (χ0v) is 17.6. The Kier molecular flexibility index (Phi) is 5.51. The Morgan fingerprint density at radius 3 is 2.66 bits per heavy atom. The fourth-order valence-electron chi connectivity index (χ4n) is 5.02. The number of ether oxygens (including phenoxy) is 1. The smallest absolute Gasteiger partial charge is 0.341 e. The van der Waals surface area contributed by atoms with E-state index < -0.39 is 23.8 Å². The Bertz CT molecular complexity index is 873. The summed E-state index contributed by atoms with van der Waals surface area (Å²) in [6, 6.07) is 0. The fraction of sp³-hybridized carbons (Fsp3) is 0.591. The van der Waals surface area contributed by atoms with Crippen molar-refractivity contribution in [3.63, 3.8) is 0 Å². The van der Waals surface area contributed by atoms with Gasteiger partial charge in [-0.05, 0) is 55.4 Å². The van der Waals surface area contributed by atoms with Crippen LogP contribution < -0.4 is 10.4 Å². The van der Waals surface area contributed by atoms with Crippen LogP contribution in [0.4, 0.5) is 5.00 Å². The van der Waals surface area contributed by atoms with E-state index in [0.717, 1.165) is 36.1 Å². The maximum atomic E-state index is 13.1. The van der Waals surface area contributed by atoms with Crippen LogP contribution in [0, 0.1) is 29.6 Å². The van der Waals surface area contributed by atoms with E-state index in [2.05, 4.69) is 12.2 Å². The zero-order valence-electron chi connectivity index (χ0n) is 16.7. The SMILES string of the molecule is CCCOC(=O)c1c(NC(=O)[C@@H]2[C@@H](C(=O)[O-])[C@@H]3C=C[C@@H]2C3)sc2c1CC[C@H](C)C2. The van der Waals surface area contributed by atoms with Gasteiger partial charge in [0.05, 0.1) is 18.1 Å². The van der Waals surface area contributed by atoms with Gasteiger partial charge in [-0.2, -0.15) is 0 Å². The molecule has 0 aromatic carbocycles. The van der Waals surface area contributed by atoms with Crippen molar-refractivity contribution in [1.82, 2.24) is 0 Å². The van der Waals surface area contributed by atoms with Crippen LogP contribution in [0.2, 0.25) is 0 Å². The van der Waals surface area contributed by atoms with Crippen LogP contribution in [0.5, 0.6) is 0 Å². The molecule has 0 radical (unpaired) electrons. The van der Waals surface area contributed by atoms with Gasteiger partial charge >= 0.3 is 5.97 Å². The van der Waals surface area contributed by atoms with Gasteiger partial charge in [-0.3, -0.25) is 4.79 Å². The number of anilines is 1. The highest BCUT2D eigenvalue weighted by Gasteiger charge is 2.49. The lowest BCUT2D eigenvalue weighted by Gasteiger charge is -2.27. The van der Waals surface area contributed by atoms with Gasteiger partial charge in [-0.25, -0.2) is 4.79 Å². The summed E-state index contributed by atoms with van der Waals surface area (Å²) in [5.74, 6) is -3.10. The topological polar surface area (TPSA) is 95.5 Å². The molecule has 0 saturated heterocycles. The number of rotatable bonds is 6. The number of amides is 1. The van der Waals surface area contributed by atoms with E-state index in [4.69, 9.17) is 4.74 Å². The van der Waals surface area contributed by atoms with E-state index in [1.807, 2.05) is 19.1 Å². The van der Waals surface area contributed by atoms with E-state index in [0.29, 0.717) is 29.5 Å². The van der Waals surface area contributed by atoms with Gasteiger partial charge in [0.15, 0.2) is 0 Å². The average molecular weight is 417 g/mol. The minimum absolute atomic E-state index is 0.0898. The number of thiophene rings is 1. The Morgan fingerprint density at radius 2 is 1.97 bits per heavy atom. The highest BCUT2D eigenvalue weighted by molar-refractivity contribution is 7.17. The maximum absolute atomic E-state index is 13.1. The molecule has 156 valence electrons. The molecule has 1 amide bonds. The molecular formula is C22H26NO5S-. The molecule has 1 N–H and O–H groups in total. The number of hydrogen-bond donors (Lipinski definition) is 1. The van der Waals surface area contributed by atoms with Crippen molar-refractivity contribution in [3.05, 3.63) is 28.2 Å². The van der Waals surface area contributed by atoms with Gasteiger partial charge in [-0.15, -0.1) is 11.3 Å². The number of fused-ring (bicyclic) bond motifs is 3. The van der Waals surface area contributed by atoms with Gasteiger partial charge in [0.25, 0.3) is 0 Å². The number of esters is 1. The van der Waals surface area contributed by atoms with Crippen molar-refractivity contribution in [2.45, 2.75) is 46.0 Å². The molecule has 0 aliphatic heterocycles. The molecule has 4 rings (SSSR count). The van der Waals surface area contributed by atoms with Crippen molar-refractivity contribution in [1.29, 1.82) is 0 Å². The summed E-state index contributed by atoms with van der Waals surface area (Å²) in [5, 5.41) is 15.1. The first kappa shape index (κ1) is 20.1. The molecular weight excluding hydrogens is 390 g/mol. The van der Waals surface area contributed by atoms with Crippen molar-refractivity contribution in [3.8, 4) is 0 Å². The largest absolute Gasteiger partial charge is 0.550 e. The maximum Gasteiger partial charge on any atom is 0.341 e. The van der Waals surface area contributed by atoms with Crippen LogP contribution in [0.25, 0.3) is 0 Å². The molecule has 1 heterocycles. The highest BCUT2D eigenvalue weighted by Crippen LogP contribution is 2.49. The summed E-state index contributed by atoms with van der Waals surface area (Å²) in [7, 11) is 0. The van der Waals surface area contributed by atoms with Gasteiger partial charge in [0.2, 0.25) is 5.91 Å². The number of carbonyl (C=O) groups excluding carboxylic acids is 3. The van der Waals surface area contributed by atoms with Crippen LogP contribution in [0.3, 0.4) is 0 Å². The van der Waals surface area contributed by atoms with Gasteiger partial charge < -0.3 is 20.0 Å². The summed E-state index contributed by atoms with van der Waals surface area (Å²) >= 11 is 1.43. The van der Waals surface area contributed by atoms with Gasteiger partial charge in [-0.1, -0.05) is 26.0 Å². The molecule has 7 heteroatoms. The molecule has 1 saturated carbocycles. The number of nitrogens with one attached hydrogen (secondary N) is 1. The van der Waals surface area contributed by atoms with Crippen LogP contribution in [0.15, 0.2) is 12.2 Å². The number of aliphatic carboxylic acids is 1. The number of allylic oxidation sites excluding steroid dienone is 2. The van der Waals surface area contributed by atoms with Crippen LogP contribution >= 0.6 is 11.3 Å². The lowest BCUT2D eigenvalue weighted by molar-refractivity contribution is -0.313. The lowest BCUT2D eigenvalue weighted by atomic mass is 9.82. The van der Waals surface area contributed by atoms with Crippen molar-refractivity contribution in [2.24, 2.45) is 29.6 Å². The lowest BCUT2D eigenvalue weighted by Crippen LogP contribution is -2.42. The van der Waals surface area contributed by atoms with Crippen LogP contribution in [-0.2, 0) is 27.2 Å². The summed E-state index contributed by atoms with van der Waals surface area (Å²) in [6.07, 6.45) is 7.87. The predicted molar refractivity (Wildman–Crippen MR) is 107 cm³/mol. The Hall–Kier alpha value is -2.15. The molecule has 1 aromatic heterocycles. The molecule has 1 fully saturated rings. The average Bonchev–Trinajstić information content (AvgIpc) is 3.37. The van der Waals surface area contributed by atoms with Gasteiger partial charge in [0, 0.05) is 16.8 Å². The second-order valence-electron chi connectivity index (χ2n) is 8.50. The molecule has 6 nitrogen and oxygen atoms in total. The first-order valence-electron chi connectivity index (χ1n) is 10.4. The third kappa shape index (κ3) is 3.61. The monoisotopic (exact) mass is 416 g/mol. The quantitative estimate of drug-likeness (QED) is 0.568. The third-order valence-electron chi connectivity index (χ3n) is 6.42. The Balaban J connectivity index is 1.62. The Morgan fingerprint density at radius 1 is 1.24 bits per heavy atom. The second kappa shape index (κ2) is 7.94. The fourth-order valence-corrected chi connectivity index (χ4v) is 6.42. The van der Waals surface area contributed by atoms with Crippen molar-refractivity contribution >= 4 is 34.2 Å². The molecule has 0 unspecified atom stereocenters. The van der Waals surface area contributed by atoms with Crippen LogP contribution in [-0.4, -0.2) is 24.5 Å². The van der Waals surface area contributed by atoms with E-state index >= 15 is 0 Å². The zero-order chi connectivity index (χ0) is 20.7. The highest BCUT2D eigenvalue weighted by atomic mass is 32.1. The summed E-state index contributed by atoms with van der Waals surface area (Å²) in [6.45, 7) is 4.45. The van der Waals surface area contributed by atoms with Crippen LogP contribution in [0.1, 0.15) is 53.9 Å². The predicted octanol–water partition coefficient (Wildman–Crippen LogP) is 2.57.